The number of hydrogen-bond acceptors (Lipinski definition) is 4. The molecule has 1 fully saturated rings. The van der Waals surface area contributed by atoms with Crippen molar-refractivity contribution in [3.8, 4) is 6.07 Å². The van der Waals surface area contributed by atoms with Crippen molar-refractivity contribution in [1.29, 1.82) is 5.26 Å². The number of rotatable bonds is 4. The Morgan fingerprint density at radius 1 is 1.37 bits per heavy atom. The Hall–Kier alpha value is -1.51. The Bertz CT molecular complexity index is 461. The van der Waals surface area contributed by atoms with Crippen LogP contribution in [0.15, 0.2) is 24.3 Å². The van der Waals surface area contributed by atoms with Crippen LogP contribution in [0.2, 0.25) is 0 Å². The molecular weight excluding hydrogens is 260 g/mol. The SMILES string of the molecule is N#Cc1ccc(NC(=O)CSC2CCOCC2)cc1. The van der Waals surface area contributed by atoms with Gasteiger partial charge in [0.25, 0.3) is 0 Å². The molecule has 0 saturated carbocycles. The van der Waals surface area contributed by atoms with Gasteiger partial charge in [0, 0.05) is 24.2 Å². The molecule has 1 N–H and O–H groups in total. The second kappa shape index (κ2) is 7.17. The van der Waals surface area contributed by atoms with Gasteiger partial charge < -0.3 is 10.1 Å². The third-order valence-corrected chi connectivity index (χ3v) is 4.29. The van der Waals surface area contributed by atoms with Crippen molar-refractivity contribution >= 4 is 23.4 Å². The molecule has 0 unspecified atom stereocenters. The molecule has 1 saturated heterocycles. The molecule has 19 heavy (non-hydrogen) atoms. The topological polar surface area (TPSA) is 62.1 Å². The van der Waals surface area contributed by atoms with Crippen LogP contribution >= 0.6 is 11.8 Å². The van der Waals surface area contributed by atoms with E-state index in [4.69, 9.17) is 10.00 Å². The van der Waals surface area contributed by atoms with Crippen molar-refractivity contribution < 1.29 is 9.53 Å². The number of nitriles is 1. The van der Waals surface area contributed by atoms with E-state index >= 15 is 0 Å². The number of nitrogens with one attached hydrogen (secondary N) is 1. The van der Waals surface area contributed by atoms with Crippen LogP contribution in [-0.2, 0) is 9.53 Å². The first kappa shape index (κ1) is 13.9. The van der Waals surface area contributed by atoms with E-state index in [9.17, 15) is 4.79 Å². The van der Waals surface area contributed by atoms with E-state index in [1.807, 2.05) is 6.07 Å². The third kappa shape index (κ3) is 4.58. The molecule has 1 aliphatic heterocycles. The monoisotopic (exact) mass is 276 g/mol. The number of ether oxygens (including phenoxy) is 1. The summed E-state index contributed by atoms with van der Waals surface area (Å²) in [5, 5.41) is 12.0. The summed E-state index contributed by atoms with van der Waals surface area (Å²) in [7, 11) is 0. The van der Waals surface area contributed by atoms with E-state index in [1.54, 1.807) is 36.0 Å². The summed E-state index contributed by atoms with van der Waals surface area (Å²) in [6.45, 7) is 1.60. The van der Waals surface area contributed by atoms with Crippen molar-refractivity contribution in [2.24, 2.45) is 0 Å². The van der Waals surface area contributed by atoms with Crippen LogP contribution in [0.25, 0.3) is 0 Å². The minimum atomic E-state index is 0.00111. The summed E-state index contributed by atoms with van der Waals surface area (Å²) in [6.07, 6.45) is 2.05. The third-order valence-electron chi connectivity index (χ3n) is 2.92. The molecule has 0 radical (unpaired) electrons. The highest BCUT2D eigenvalue weighted by atomic mass is 32.2. The van der Waals surface area contributed by atoms with Crippen LogP contribution < -0.4 is 5.32 Å². The molecule has 0 atom stereocenters. The zero-order valence-electron chi connectivity index (χ0n) is 10.6. The van der Waals surface area contributed by atoms with Crippen LogP contribution in [0, 0.1) is 11.3 Å². The van der Waals surface area contributed by atoms with Crippen molar-refractivity contribution in [1.82, 2.24) is 0 Å². The summed E-state index contributed by atoms with van der Waals surface area (Å²) >= 11 is 1.69. The first-order chi connectivity index (χ1) is 9.28. The summed E-state index contributed by atoms with van der Waals surface area (Å²) in [5.74, 6) is 0.464. The number of nitrogens with zero attached hydrogens (tertiary/aromatic N) is 1. The normalized spacial score (nSPS) is 15.7. The molecule has 1 aromatic rings. The summed E-state index contributed by atoms with van der Waals surface area (Å²) in [6, 6.07) is 8.93. The summed E-state index contributed by atoms with van der Waals surface area (Å²) in [4.78, 5) is 11.8. The maximum Gasteiger partial charge on any atom is 0.234 e. The van der Waals surface area contributed by atoms with Crippen LogP contribution in [0.4, 0.5) is 5.69 Å². The van der Waals surface area contributed by atoms with Gasteiger partial charge in [0.2, 0.25) is 5.91 Å². The van der Waals surface area contributed by atoms with Crippen molar-refractivity contribution in [2.75, 3.05) is 24.3 Å². The van der Waals surface area contributed by atoms with Gasteiger partial charge in [-0.15, -0.1) is 11.8 Å². The highest BCUT2D eigenvalue weighted by Crippen LogP contribution is 2.22. The maximum absolute atomic E-state index is 11.8. The lowest BCUT2D eigenvalue weighted by molar-refractivity contribution is -0.113. The number of benzene rings is 1. The van der Waals surface area contributed by atoms with E-state index in [-0.39, 0.29) is 5.91 Å². The fraction of sp³-hybridized carbons (Fsp3) is 0.429. The highest BCUT2D eigenvalue weighted by molar-refractivity contribution is 8.00. The fourth-order valence-corrected chi connectivity index (χ4v) is 2.85. The van der Waals surface area contributed by atoms with E-state index in [2.05, 4.69) is 5.32 Å². The van der Waals surface area contributed by atoms with E-state index < -0.39 is 0 Å². The van der Waals surface area contributed by atoms with Gasteiger partial charge in [-0.3, -0.25) is 4.79 Å². The number of carbonyl (C=O) groups is 1. The van der Waals surface area contributed by atoms with Crippen LogP contribution in [0.3, 0.4) is 0 Å². The molecule has 0 aromatic heterocycles. The number of anilines is 1. The van der Waals surface area contributed by atoms with Gasteiger partial charge in [-0.1, -0.05) is 0 Å². The summed E-state index contributed by atoms with van der Waals surface area (Å²) in [5.41, 5.74) is 1.33. The fourth-order valence-electron chi connectivity index (χ4n) is 1.86. The molecule has 0 aliphatic carbocycles. The Morgan fingerprint density at radius 3 is 2.68 bits per heavy atom. The molecule has 2 rings (SSSR count). The molecule has 1 aliphatic rings. The van der Waals surface area contributed by atoms with Gasteiger partial charge in [0.15, 0.2) is 0 Å². The number of amides is 1. The lowest BCUT2D eigenvalue weighted by Crippen LogP contribution is -2.21. The van der Waals surface area contributed by atoms with Gasteiger partial charge in [0.05, 0.1) is 17.4 Å². The summed E-state index contributed by atoms with van der Waals surface area (Å²) < 4.78 is 5.28. The van der Waals surface area contributed by atoms with Crippen molar-refractivity contribution in [3.05, 3.63) is 29.8 Å². The van der Waals surface area contributed by atoms with E-state index in [1.165, 1.54) is 0 Å². The molecule has 1 aromatic carbocycles. The van der Waals surface area contributed by atoms with Gasteiger partial charge in [0.1, 0.15) is 0 Å². The Morgan fingerprint density at radius 2 is 2.05 bits per heavy atom. The highest BCUT2D eigenvalue weighted by Gasteiger charge is 2.15. The molecule has 1 heterocycles. The second-order valence-corrected chi connectivity index (χ2v) is 5.65. The van der Waals surface area contributed by atoms with Crippen LogP contribution in [0.1, 0.15) is 18.4 Å². The molecule has 5 heteroatoms. The second-order valence-electron chi connectivity index (χ2n) is 4.36. The smallest absolute Gasteiger partial charge is 0.234 e. The quantitative estimate of drug-likeness (QED) is 0.917. The van der Waals surface area contributed by atoms with Crippen molar-refractivity contribution in [2.45, 2.75) is 18.1 Å². The van der Waals surface area contributed by atoms with Gasteiger partial charge in [-0.25, -0.2) is 0 Å². The lowest BCUT2D eigenvalue weighted by Gasteiger charge is -2.21. The predicted octanol–water partition coefficient (Wildman–Crippen LogP) is 2.41. The maximum atomic E-state index is 11.8. The number of thioether (sulfide) groups is 1. The van der Waals surface area contributed by atoms with Gasteiger partial charge >= 0.3 is 0 Å². The zero-order chi connectivity index (χ0) is 13.5. The minimum absolute atomic E-state index is 0.00111. The Kier molecular flexibility index (Phi) is 5.25. The Balaban J connectivity index is 1.75. The number of carbonyl (C=O) groups excluding carboxylic acids is 1. The Labute approximate surface area is 117 Å². The van der Waals surface area contributed by atoms with E-state index in [0.29, 0.717) is 16.6 Å². The molecule has 0 spiro atoms. The molecular formula is C14H16N2O2S. The zero-order valence-corrected chi connectivity index (χ0v) is 11.4. The van der Waals surface area contributed by atoms with Gasteiger partial charge in [-0.2, -0.15) is 5.26 Å². The van der Waals surface area contributed by atoms with E-state index in [0.717, 1.165) is 31.7 Å². The average molecular weight is 276 g/mol. The number of hydrogen-bond donors (Lipinski definition) is 1. The van der Waals surface area contributed by atoms with Crippen LogP contribution in [-0.4, -0.2) is 30.1 Å². The molecule has 4 nitrogen and oxygen atoms in total. The predicted molar refractivity (Wildman–Crippen MR) is 76.1 cm³/mol. The largest absolute Gasteiger partial charge is 0.381 e. The lowest BCUT2D eigenvalue weighted by atomic mass is 10.2. The molecule has 100 valence electrons. The van der Waals surface area contributed by atoms with Crippen LogP contribution in [0.5, 0.6) is 0 Å². The minimum Gasteiger partial charge on any atom is -0.381 e. The standard InChI is InChI=1S/C14H16N2O2S/c15-9-11-1-3-12(4-2-11)16-14(17)10-19-13-5-7-18-8-6-13/h1-4,13H,5-8,10H2,(H,16,17). The van der Waals surface area contributed by atoms with Crippen molar-refractivity contribution in [3.63, 3.8) is 0 Å². The molecule has 0 bridgehead atoms. The first-order valence-electron chi connectivity index (χ1n) is 6.27. The molecule has 1 amide bonds. The first-order valence-corrected chi connectivity index (χ1v) is 7.32. The average Bonchev–Trinajstić information content (AvgIpc) is 2.47. The van der Waals surface area contributed by atoms with Gasteiger partial charge in [-0.05, 0) is 37.1 Å².